The van der Waals surface area contributed by atoms with E-state index in [-0.39, 0.29) is 19.3 Å². The predicted molar refractivity (Wildman–Crippen MR) is 156 cm³/mol. The molecular formula is C29H27IN4O6. The van der Waals surface area contributed by atoms with Crippen molar-refractivity contribution in [2.75, 3.05) is 13.9 Å². The second-order valence-corrected chi connectivity index (χ2v) is 10.3. The molecule has 2 N–H and O–H groups in total. The van der Waals surface area contributed by atoms with Crippen LogP contribution >= 0.6 is 22.6 Å². The average Bonchev–Trinajstić information content (AvgIpc) is 3.43. The molecule has 0 fully saturated rings. The summed E-state index contributed by atoms with van der Waals surface area (Å²) >= 11 is 2.13. The molecule has 1 heterocycles. The highest BCUT2D eigenvalue weighted by molar-refractivity contribution is 14.1. The maximum absolute atomic E-state index is 12.9. The number of nitriles is 1. The number of ether oxygens (including phenoxy) is 4. The van der Waals surface area contributed by atoms with Crippen LogP contribution in [0.5, 0.6) is 23.0 Å². The Hall–Kier alpha value is -4.31. The van der Waals surface area contributed by atoms with E-state index in [2.05, 4.69) is 44.5 Å². The Morgan fingerprint density at radius 3 is 2.67 bits per heavy atom. The molecule has 40 heavy (non-hydrogen) atoms. The van der Waals surface area contributed by atoms with Crippen molar-refractivity contribution in [1.29, 1.82) is 5.26 Å². The first-order valence-electron chi connectivity index (χ1n) is 12.3. The van der Waals surface area contributed by atoms with Crippen LogP contribution in [0.1, 0.15) is 40.9 Å². The van der Waals surface area contributed by atoms with Crippen LogP contribution in [0.3, 0.4) is 0 Å². The Morgan fingerprint density at radius 2 is 1.93 bits per heavy atom. The van der Waals surface area contributed by atoms with Gasteiger partial charge >= 0.3 is 0 Å². The van der Waals surface area contributed by atoms with E-state index >= 15 is 0 Å². The van der Waals surface area contributed by atoms with Crippen molar-refractivity contribution < 1.29 is 28.5 Å². The molecule has 3 aromatic carbocycles. The number of hydrogen-bond donors (Lipinski definition) is 2. The van der Waals surface area contributed by atoms with Gasteiger partial charge in [0.15, 0.2) is 23.0 Å². The standard InChI is InChI=1S/C29H27IN4O6/c1-17(2)26(33-28(35)19-8-9-23-24(12-19)40-16-39-23)29(36)34-32-14-18-10-22(30)27(25(11-18)37-3)38-15-21-7-5-4-6-20(21)13-31/h4-12,14,17,26H,15-16H2,1-3H3,(H,33,35)(H,34,36). The molecule has 2 amide bonds. The molecule has 3 aromatic rings. The molecule has 1 atom stereocenters. The number of nitrogens with one attached hydrogen (secondary N) is 2. The number of fused-ring (bicyclic) bond motifs is 1. The van der Waals surface area contributed by atoms with Gasteiger partial charge in [-0.3, -0.25) is 9.59 Å². The maximum Gasteiger partial charge on any atom is 0.262 e. The Morgan fingerprint density at radius 1 is 1.15 bits per heavy atom. The van der Waals surface area contributed by atoms with E-state index in [1.807, 2.05) is 32.0 Å². The zero-order valence-corrected chi connectivity index (χ0v) is 24.2. The van der Waals surface area contributed by atoms with Gasteiger partial charge < -0.3 is 24.3 Å². The molecule has 0 aliphatic carbocycles. The fourth-order valence-corrected chi connectivity index (χ4v) is 4.68. The summed E-state index contributed by atoms with van der Waals surface area (Å²) in [6.45, 7) is 3.96. The van der Waals surface area contributed by atoms with Crippen molar-refractivity contribution in [3.63, 3.8) is 0 Å². The molecule has 10 nitrogen and oxygen atoms in total. The molecule has 1 unspecified atom stereocenters. The summed E-state index contributed by atoms with van der Waals surface area (Å²) in [7, 11) is 1.53. The summed E-state index contributed by atoms with van der Waals surface area (Å²) in [6.07, 6.45) is 1.48. The minimum absolute atomic E-state index is 0.104. The first-order chi connectivity index (χ1) is 19.3. The van der Waals surface area contributed by atoms with Gasteiger partial charge in [-0.15, -0.1) is 0 Å². The van der Waals surface area contributed by atoms with Crippen molar-refractivity contribution in [1.82, 2.24) is 10.7 Å². The topological polar surface area (TPSA) is 131 Å². The molecule has 11 heteroatoms. The normalized spacial score (nSPS) is 12.6. The molecule has 0 aromatic heterocycles. The smallest absolute Gasteiger partial charge is 0.262 e. The van der Waals surface area contributed by atoms with E-state index in [0.717, 1.165) is 9.13 Å². The number of hydrazone groups is 1. The van der Waals surface area contributed by atoms with Gasteiger partial charge in [-0.1, -0.05) is 32.0 Å². The minimum atomic E-state index is -0.822. The number of nitrogens with zero attached hydrogens (tertiary/aromatic N) is 2. The number of rotatable bonds is 10. The molecule has 0 saturated carbocycles. The van der Waals surface area contributed by atoms with Gasteiger partial charge in [-0.25, -0.2) is 5.43 Å². The Bertz CT molecular complexity index is 1480. The van der Waals surface area contributed by atoms with E-state index in [1.165, 1.54) is 13.3 Å². The Kier molecular flexibility index (Phi) is 9.44. The molecule has 1 aliphatic heterocycles. The lowest BCUT2D eigenvalue weighted by Gasteiger charge is -2.20. The molecule has 0 bridgehead atoms. The maximum atomic E-state index is 12.9. The van der Waals surface area contributed by atoms with Crippen LogP contribution in [0.4, 0.5) is 0 Å². The van der Waals surface area contributed by atoms with Crippen LogP contribution in [0, 0.1) is 20.8 Å². The highest BCUT2D eigenvalue weighted by atomic mass is 127. The van der Waals surface area contributed by atoms with Gasteiger partial charge in [0.1, 0.15) is 12.6 Å². The van der Waals surface area contributed by atoms with E-state index in [4.69, 9.17) is 18.9 Å². The second-order valence-electron chi connectivity index (χ2n) is 9.09. The number of carbonyl (C=O) groups excluding carboxylic acids is 2. The number of benzene rings is 3. The van der Waals surface area contributed by atoms with Gasteiger partial charge in [-0.2, -0.15) is 10.4 Å². The quantitative estimate of drug-likeness (QED) is 0.189. The summed E-state index contributed by atoms with van der Waals surface area (Å²) in [4.78, 5) is 25.7. The first-order valence-corrected chi connectivity index (χ1v) is 13.4. The van der Waals surface area contributed by atoms with Crippen molar-refractivity contribution >= 4 is 40.6 Å². The monoisotopic (exact) mass is 654 g/mol. The van der Waals surface area contributed by atoms with Crippen LogP contribution in [-0.4, -0.2) is 38.0 Å². The fourth-order valence-electron chi connectivity index (χ4n) is 3.90. The summed E-state index contributed by atoms with van der Waals surface area (Å²) in [5.74, 6) is 0.988. The number of hydrogen-bond acceptors (Lipinski definition) is 8. The van der Waals surface area contributed by atoms with Gasteiger partial charge in [0, 0.05) is 11.1 Å². The molecule has 206 valence electrons. The second kappa shape index (κ2) is 13.2. The van der Waals surface area contributed by atoms with Gasteiger partial charge in [-0.05, 0) is 70.5 Å². The Balaban J connectivity index is 1.40. The van der Waals surface area contributed by atoms with Crippen LogP contribution in [0.2, 0.25) is 0 Å². The summed E-state index contributed by atoms with van der Waals surface area (Å²) in [5, 5.41) is 16.2. The van der Waals surface area contributed by atoms with Crippen LogP contribution in [-0.2, 0) is 11.4 Å². The van der Waals surface area contributed by atoms with E-state index in [9.17, 15) is 14.9 Å². The summed E-state index contributed by atoms with van der Waals surface area (Å²) in [6, 6.07) is 17.0. The van der Waals surface area contributed by atoms with Crippen molar-refractivity contribution in [3.05, 3.63) is 80.4 Å². The SMILES string of the molecule is COc1cc(C=NNC(=O)C(NC(=O)c2ccc3c(c2)OCO3)C(C)C)cc(I)c1OCc1ccccc1C#N. The lowest BCUT2D eigenvalue weighted by Crippen LogP contribution is -2.48. The Labute approximate surface area is 245 Å². The van der Waals surface area contributed by atoms with E-state index in [1.54, 1.807) is 36.4 Å². The van der Waals surface area contributed by atoms with E-state index in [0.29, 0.717) is 39.7 Å². The number of amides is 2. The highest BCUT2D eigenvalue weighted by Crippen LogP contribution is 2.34. The summed E-state index contributed by atoms with van der Waals surface area (Å²) in [5.41, 5.74) is 4.83. The molecule has 0 spiro atoms. The zero-order valence-electron chi connectivity index (χ0n) is 22.1. The van der Waals surface area contributed by atoms with Crippen molar-refractivity contribution in [2.45, 2.75) is 26.5 Å². The lowest BCUT2D eigenvalue weighted by atomic mass is 10.0. The average molecular weight is 654 g/mol. The van der Waals surface area contributed by atoms with Gasteiger partial charge in [0.2, 0.25) is 6.79 Å². The van der Waals surface area contributed by atoms with Gasteiger partial charge in [0.05, 0.1) is 28.5 Å². The number of methoxy groups -OCH3 is 1. The molecular weight excluding hydrogens is 627 g/mol. The third kappa shape index (κ3) is 6.81. The van der Waals surface area contributed by atoms with E-state index < -0.39 is 17.9 Å². The fraction of sp³-hybridized carbons (Fsp3) is 0.241. The predicted octanol–water partition coefficient (Wildman–Crippen LogP) is 4.38. The molecule has 1 aliphatic rings. The highest BCUT2D eigenvalue weighted by Gasteiger charge is 2.25. The number of halogens is 1. The largest absolute Gasteiger partial charge is 0.493 e. The third-order valence-corrected chi connectivity index (χ3v) is 6.82. The van der Waals surface area contributed by atoms with Crippen LogP contribution in [0.25, 0.3) is 0 Å². The first kappa shape index (κ1) is 28.7. The molecule has 0 radical (unpaired) electrons. The van der Waals surface area contributed by atoms with Crippen LogP contribution in [0.15, 0.2) is 59.7 Å². The number of carbonyl (C=O) groups is 2. The lowest BCUT2D eigenvalue weighted by molar-refractivity contribution is -0.123. The van der Waals surface area contributed by atoms with Crippen molar-refractivity contribution in [2.24, 2.45) is 11.0 Å². The minimum Gasteiger partial charge on any atom is -0.493 e. The molecule has 0 saturated heterocycles. The van der Waals surface area contributed by atoms with Crippen molar-refractivity contribution in [3.8, 4) is 29.1 Å². The summed E-state index contributed by atoms with van der Waals surface area (Å²) < 4.78 is 22.9. The third-order valence-electron chi connectivity index (χ3n) is 6.02. The molecule has 4 rings (SSSR count). The van der Waals surface area contributed by atoms with Crippen LogP contribution < -0.4 is 29.7 Å². The zero-order chi connectivity index (χ0) is 28.6. The van der Waals surface area contributed by atoms with Gasteiger partial charge in [0.25, 0.3) is 11.8 Å².